The molecule has 0 aromatic heterocycles. The van der Waals surface area contributed by atoms with Gasteiger partial charge in [-0.1, -0.05) is 19.9 Å². The standard InChI is InChI=1S/C41H66O11/c1-12-36(6)18-13-27-37(7,25(34(2,3)32(46)47)14-20-39(27,9)51-36)19-17-31(45)50-24-29(42)41(11)22-16-28-38(8,23-30(43)44)26(35(4,5)33(48)49)15-21-40(28,10)52-41/h12,25-29,42H,1,13-24H2,2-11H3,(H,43,44)(H,46,47)(H,48,49)/t25-,26-,27-,28-,29+,36-,37+,38+,39-,40-,41+/m0/s1. The van der Waals surface area contributed by atoms with Crippen molar-refractivity contribution in [3.8, 4) is 0 Å². The highest BCUT2D eigenvalue weighted by Crippen LogP contribution is 2.64. The van der Waals surface area contributed by atoms with Gasteiger partial charge in [0.2, 0.25) is 0 Å². The highest BCUT2D eigenvalue weighted by atomic mass is 16.6. The van der Waals surface area contributed by atoms with Crippen molar-refractivity contribution in [2.45, 2.75) is 168 Å². The third-order valence-corrected chi connectivity index (χ3v) is 15.1. The molecular weight excluding hydrogens is 668 g/mol. The summed E-state index contributed by atoms with van der Waals surface area (Å²) in [6.45, 7) is 22.4. The van der Waals surface area contributed by atoms with Crippen molar-refractivity contribution < 1.29 is 53.8 Å². The number of carbonyl (C=O) groups excluding carboxylic acids is 1. The number of fused-ring (bicyclic) bond motifs is 2. The van der Waals surface area contributed by atoms with E-state index in [9.17, 15) is 39.6 Å². The Bertz CT molecular complexity index is 1420. The Hall–Kier alpha value is -2.50. The molecule has 0 bridgehead atoms. The molecule has 4 aliphatic rings. The molecule has 0 aromatic rings. The Labute approximate surface area is 310 Å². The molecule has 2 aliphatic heterocycles. The van der Waals surface area contributed by atoms with Gasteiger partial charge in [-0.3, -0.25) is 19.2 Å². The van der Waals surface area contributed by atoms with E-state index in [1.165, 1.54) is 0 Å². The molecule has 2 heterocycles. The van der Waals surface area contributed by atoms with E-state index in [1.807, 2.05) is 26.8 Å². The van der Waals surface area contributed by atoms with Crippen molar-refractivity contribution >= 4 is 23.9 Å². The number of rotatable bonds is 13. The van der Waals surface area contributed by atoms with Gasteiger partial charge in [0.15, 0.2) is 0 Å². The molecule has 2 saturated carbocycles. The first-order valence-corrected chi connectivity index (χ1v) is 19.2. The largest absolute Gasteiger partial charge is 0.481 e. The number of hydrogen-bond acceptors (Lipinski definition) is 8. The van der Waals surface area contributed by atoms with Gasteiger partial charge in [-0.25, -0.2) is 0 Å². The number of aliphatic hydroxyl groups excluding tert-OH is 1. The number of hydrogen-bond donors (Lipinski definition) is 4. The first-order chi connectivity index (χ1) is 23.7. The van der Waals surface area contributed by atoms with Gasteiger partial charge in [-0.2, -0.15) is 0 Å². The Morgan fingerprint density at radius 3 is 1.75 bits per heavy atom. The molecule has 4 fully saturated rings. The second kappa shape index (κ2) is 14.0. The lowest BCUT2D eigenvalue weighted by Gasteiger charge is -2.63. The second-order valence-corrected chi connectivity index (χ2v) is 19.4. The molecule has 4 N–H and O–H groups in total. The zero-order chi connectivity index (χ0) is 39.5. The normalized spacial score (nSPS) is 41.5. The van der Waals surface area contributed by atoms with Gasteiger partial charge in [-0.15, -0.1) is 6.58 Å². The third-order valence-electron chi connectivity index (χ3n) is 15.1. The molecule has 52 heavy (non-hydrogen) atoms. The number of esters is 1. The first-order valence-electron chi connectivity index (χ1n) is 19.2. The molecule has 11 nitrogen and oxygen atoms in total. The number of aliphatic hydroxyl groups is 1. The second-order valence-electron chi connectivity index (χ2n) is 19.4. The predicted octanol–water partition coefficient (Wildman–Crippen LogP) is 7.27. The molecule has 0 spiro atoms. The summed E-state index contributed by atoms with van der Waals surface area (Å²) < 4.78 is 19.2. The topological polar surface area (TPSA) is 177 Å². The molecule has 11 heteroatoms. The molecule has 0 amide bonds. The van der Waals surface area contributed by atoms with E-state index in [0.717, 1.165) is 12.8 Å². The molecule has 2 aliphatic carbocycles. The Morgan fingerprint density at radius 2 is 1.25 bits per heavy atom. The summed E-state index contributed by atoms with van der Waals surface area (Å²) in [7, 11) is 0. The van der Waals surface area contributed by atoms with Crippen LogP contribution in [0.15, 0.2) is 12.7 Å². The van der Waals surface area contributed by atoms with E-state index in [0.29, 0.717) is 44.9 Å². The molecule has 0 unspecified atom stereocenters. The highest BCUT2D eigenvalue weighted by Gasteiger charge is 2.64. The summed E-state index contributed by atoms with van der Waals surface area (Å²) in [5.74, 6) is -4.19. The van der Waals surface area contributed by atoms with E-state index in [2.05, 4.69) is 20.4 Å². The van der Waals surface area contributed by atoms with Gasteiger partial charge >= 0.3 is 23.9 Å². The predicted molar refractivity (Wildman–Crippen MR) is 194 cm³/mol. The number of carboxylic acid groups (broad SMARTS) is 3. The molecule has 0 aromatic carbocycles. The quantitative estimate of drug-likeness (QED) is 0.111. The maximum Gasteiger partial charge on any atom is 0.309 e. The molecule has 4 rings (SSSR count). The number of ether oxygens (including phenoxy) is 3. The molecule has 0 radical (unpaired) electrons. The smallest absolute Gasteiger partial charge is 0.309 e. The van der Waals surface area contributed by atoms with Crippen LogP contribution in [0.3, 0.4) is 0 Å². The van der Waals surface area contributed by atoms with Crippen LogP contribution < -0.4 is 0 Å². The van der Waals surface area contributed by atoms with Crippen molar-refractivity contribution in [2.75, 3.05) is 6.61 Å². The maximum atomic E-state index is 13.4. The summed E-state index contributed by atoms with van der Waals surface area (Å²) in [5, 5.41) is 41.8. The van der Waals surface area contributed by atoms with Gasteiger partial charge in [0, 0.05) is 6.42 Å². The maximum absolute atomic E-state index is 13.4. The van der Waals surface area contributed by atoms with Gasteiger partial charge in [-0.05, 0) is 148 Å². The van der Waals surface area contributed by atoms with Crippen molar-refractivity contribution in [1.29, 1.82) is 0 Å². The van der Waals surface area contributed by atoms with Gasteiger partial charge in [0.25, 0.3) is 0 Å². The number of aliphatic carboxylic acids is 3. The van der Waals surface area contributed by atoms with E-state index in [1.54, 1.807) is 34.6 Å². The lowest BCUT2D eigenvalue weighted by atomic mass is 9.47. The van der Waals surface area contributed by atoms with E-state index < -0.39 is 80.0 Å². The summed E-state index contributed by atoms with van der Waals surface area (Å²) >= 11 is 0. The fourth-order valence-corrected chi connectivity index (χ4v) is 12.1. The van der Waals surface area contributed by atoms with Crippen LogP contribution in [0.25, 0.3) is 0 Å². The van der Waals surface area contributed by atoms with Gasteiger partial charge in [0.05, 0.1) is 39.7 Å². The lowest BCUT2D eigenvalue weighted by molar-refractivity contribution is -0.284. The minimum atomic E-state index is -1.16. The van der Waals surface area contributed by atoms with Crippen LogP contribution in [0.1, 0.15) is 140 Å². The zero-order valence-electron chi connectivity index (χ0n) is 33.3. The Kier molecular flexibility index (Phi) is 11.4. The van der Waals surface area contributed by atoms with Crippen LogP contribution in [-0.4, -0.2) is 79.4 Å². The van der Waals surface area contributed by atoms with Crippen LogP contribution in [-0.2, 0) is 33.4 Å². The van der Waals surface area contributed by atoms with Crippen molar-refractivity contribution in [2.24, 2.45) is 45.3 Å². The molecular formula is C41H66O11. The summed E-state index contributed by atoms with van der Waals surface area (Å²) in [4.78, 5) is 50.5. The van der Waals surface area contributed by atoms with Crippen molar-refractivity contribution in [1.82, 2.24) is 0 Å². The van der Waals surface area contributed by atoms with E-state index >= 15 is 0 Å². The summed E-state index contributed by atoms with van der Waals surface area (Å²) in [6.07, 6.45) is 5.68. The third kappa shape index (κ3) is 7.31. The van der Waals surface area contributed by atoms with Crippen LogP contribution in [0.4, 0.5) is 0 Å². The monoisotopic (exact) mass is 734 g/mol. The SMILES string of the molecule is C=C[C@@]1(C)CC[C@H]2[C@](C)(CCC(=O)OC[C@@H](O)[C@@]3(C)CC[C@H]4[C@](C)(CC(=O)O)[C@H](C(C)(C)C(=O)O)CC[C@]4(C)O3)[C@H](C(C)(C)C(=O)O)CC[C@]2(C)O1. The number of carboxylic acids is 3. The van der Waals surface area contributed by atoms with Crippen LogP contribution in [0, 0.1) is 45.3 Å². The Balaban J connectivity index is 1.47. The Morgan fingerprint density at radius 1 is 0.769 bits per heavy atom. The van der Waals surface area contributed by atoms with Gasteiger partial charge < -0.3 is 34.6 Å². The molecule has 11 atom stereocenters. The van der Waals surface area contributed by atoms with E-state index in [4.69, 9.17) is 14.2 Å². The van der Waals surface area contributed by atoms with Crippen LogP contribution in [0.5, 0.6) is 0 Å². The van der Waals surface area contributed by atoms with Crippen molar-refractivity contribution in [3.05, 3.63) is 12.7 Å². The van der Waals surface area contributed by atoms with Crippen LogP contribution in [0.2, 0.25) is 0 Å². The fourth-order valence-electron chi connectivity index (χ4n) is 12.1. The van der Waals surface area contributed by atoms with E-state index in [-0.39, 0.29) is 37.2 Å². The average molecular weight is 735 g/mol. The number of carbonyl (C=O) groups is 4. The molecule has 2 saturated heterocycles. The van der Waals surface area contributed by atoms with Crippen LogP contribution >= 0.6 is 0 Å². The fraction of sp³-hybridized carbons (Fsp3) is 0.854. The minimum Gasteiger partial charge on any atom is -0.481 e. The van der Waals surface area contributed by atoms with Gasteiger partial charge in [0.1, 0.15) is 12.7 Å². The highest BCUT2D eigenvalue weighted by molar-refractivity contribution is 5.75. The lowest BCUT2D eigenvalue weighted by Crippen LogP contribution is -2.65. The first kappa shape index (κ1) is 42.2. The summed E-state index contributed by atoms with van der Waals surface area (Å²) in [6, 6.07) is 0. The average Bonchev–Trinajstić information content (AvgIpc) is 3.01. The van der Waals surface area contributed by atoms with Crippen molar-refractivity contribution in [3.63, 3.8) is 0 Å². The zero-order valence-corrected chi connectivity index (χ0v) is 33.3. The minimum absolute atomic E-state index is 0.00927. The summed E-state index contributed by atoms with van der Waals surface area (Å²) in [5.41, 5.74) is -6.49. The molecule has 296 valence electrons.